The maximum Gasteiger partial charge on any atom is 0.329 e. The molecule has 0 saturated heterocycles. The number of pyridine rings is 1. The number of rotatable bonds is 8. The number of ether oxygens (including phenoxy) is 2. The van der Waals surface area contributed by atoms with Crippen LogP contribution in [0.4, 0.5) is 4.39 Å². The molecule has 0 unspecified atom stereocenters. The molecule has 0 aliphatic heterocycles. The quantitative estimate of drug-likeness (QED) is 0.617. The van der Waals surface area contributed by atoms with Crippen LogP contribution in [-0.4, -0.2) is 41.2 Å². The fourth-order valence-corrected chi connectivity index (χ4v) is 3.24. The highest BCUT2D eigenvalue weighted by Crippen LogP contribution is 2.28. The van der Waals surface area contributed by atoms with Crippen molar-refractivity contribution >= 4 is 11.9 Å². The van der Waals surface area contributed by atoms with E-state index >= 15 is 0 Å². The summed E-state index contributed by atoms with van der Waals surface area (Å²) in [5.74, 6) is -2.42. The molecule has 1 aromatic carbocycles. The van der Waals surface area contributed by atoms with E-state index in [9.17, 15) is 19.1 Å². The summed E-state index contributed by atoms with van der Waals surface area (Å²) in [4.78, 5) is 29.4. The molecule has 0 fully saturated rings. The number of nitrogens with zero attached hydrogens (tertiary/aromatic N) is 1. The molecular formula is C23H29FN2O5. The second-order valence-corrected chi connectivity index (χ2v) is 7.84. The number of carbonyl (C=O) groups is 2. The lowest BCUT2D eigenvalue weighted by Crippen LogP contribution is -2.46. The largest absolute Gasteiger partial charge is 0.503 e. The fourth-order valence-electron chi connectivity index (χ4n) is 3.24. The fraction of sp³-hybridized carbons (Fsp3) is 0.435. The number of aromatic nitrogens is 1. The minimum Gasteiger partial charge on any atom is -0.503 e. The molecule has 2 N–H and O–H groups in total. The van der Waals surface area contributed by atoms with E-state index in [1.165, 1.54) is 31.5 Å². The number of aryl methyl sites for hydroxylation is 1. The molecule has 31 heavy (non-hydrogen) atoms. The Kier molecular flexibility index (Phi) is 7.96. The van der Waals surface area contributed by atoms with Crippen LogP contribution in [0.15, 0.2) is 30.5 Å². The number of esters is 1. The molecule has 0 aliphatic carbocycles. The molecule has 168 valence electrons. The van der Waals surface area contributed by atoms with Crippen LogP contribution in [-0.2, 0) is 9.53 Å². The van der Waals surface area contributed by atoms with Gasteiger partial charge in [0, 0.05) is 18.2 Å². The first-order valence-corrected chi connectivity index (χ1v) is 10.1. The molecule has 1 heterocycles. The van der Waals surface area contributed by atoms with Gasteiger partial charge in [-0.2, -0.15) is 0 Å². The van der Waals surface area contributed by atoms with Crippen LogP contribution < -0.4 is 10.1 Å². The molecule has 2 rings (SSSR count). The van der Waals surface area contributed by atoms with Gasteiger partial charge in [-0.3, -0.25) is 4.79 Å². The summed E-state index contributed by atoms with van der Waals surface area (Å²) in [6.45, 7) is 8.97. The smallest absolute Gasteiger partial charge is 0.329 e. The van der Waals surface area contributed by atoms with Crippen LogP contribution in [0, 0.1) is 18.7 Å². The highest BCUT2D eigenvalue weighted by atomic mass is 19.1. The monoisotopic (exact) mass is 432 g/mol. The first-order chi connectivity index (χ1) is 14.6. The Morgan fingerprint density at radius 3 is 2.42 bits per heavy atom. The summed E-state index contributed by atoms with van der Waals surface area (Å²) in [7, 11) is 1.36. The van der Waals surface area contributed by atoms with Crippen LogP contribution in [0.3, 0.4) is 0 Å². The average Bonchev–Trinajstić information content (AvgIpc) is 2.71. The average molecular weight is 432 g/mol. The number of hydrogen-bond acceptors (Lipinski definition) is 6. The van der Waals surface area contributed by atoms with Crippen LogP contribution in [0.5, 0.6) is 11.5 Å². The second kappa shape index (κ2) is 10.2. The molecule has 2 aromatic rings. The lowest BCUT2D eigenvalue weighted by atomic mass is 9.92. The Hall–Kier alpha value is -3.16. The third kappa shape index (κ3) is 5.71. The number of nitrogens with one attached hydrogen (secondary N) is 1. The molecule has 1 amide bonds. The number of halogens is 1. The molecule has 3 atom stereocenters. The van der Waals surface area contributed by atoms with Crippen molar-refractivity contribution in [3.8, 4) is 11.5 Å². The number of amides is 1. The van der Waals surface area contributed by atoms with Gasteiger partial charge < -0.3 is 19.9 Å². The van der Waals surface area contributed by atoms with Crippen molar-refractivity contribution in [2.24, 2.45) is 5.92 Å². The molecule has 0 spiro atoms. The topological polar surface area (TPSA) is 97.8 Å². The zero-order chi connectivity index (χ0) is 23.3. The van der Waals surface area contributed by atoms with Gasteiger partial charge in [0.05, 0.1) is 7.11 Å². The van der Waals surface area contributed by atoms with E-state index in [1.807, 2.05) is 6.92 Å². The van der Waals surface area contributed by atoms with Gasteiger partial charge in [0.15, 0.2) is 17.2 Å². The van der Waals surface area contributed by atoms with Crippen LogP contribution in [0.1, 0.15) is 55.2 Å². The molecule has 1 aromatic heterocycles. The minimum atomic E-state index is -0.955. The van der Waals surface area contributed by atoms with E-state index in [2.05, 4.69) is 10.3 Å². The lowest BCUT2D eigenvalue weighted by Gasteiger charge is -2.26. The van der Waals surface area contributed by atoms with Crippen molar-refractivity contribution in [1.82, 2.24) is 10.3 Å². The normalized spacial score (nSPS) is 13.9. The van der Waals surface area contributed by atoms with Crippen molar-refractivity contribution < 1.29 is 28.6 Å². The number of benzene rings is 1. The first kappa shape index (κ1) is 24.1. The predicted octanol–water partition coefficient (Wildman–Crippen LogP) is 3.73. The van der Waals surface area contributed by atoms with Crippen LogP contribution >= 0.6 is 0 Å². The van der Waals surface area contributed by atoms with E-state index < -0.39 is 29.8 Å². The third-order valence-corrected chi connectivity index (χ3v) is 5.26. The summed E-state index contributed by atoms with van der Waals surface area (Å²) >= 11 is 0. The number of hydrogen-bond donors (Lipinski definition) is 2. The Balaban J connectivity index is 2.14. The van der Waals surface area contributed by atoms with E-state index in [0.29, 0.717) is 0 Å². The standard InChI is InChI=1S/C23H29FN2O5/c1-12(2)19(26-22(28)20-21(27)18(30-6)9-10-25-20)23(29)31-15(5)14(4)17-8-7-16(24)11-13(17)3/h7-12,14-15,19,27H,1-6H3,(H,26,28)/t14-,15+,19-/m0/s1. The lowest BCUT2D eigenvalue weighted by molar-refractivity contribution is -0.152. The third-order valence-electron chi connectivity index (χ3n) is 5.26. The van der Waals surface area contributed by atoms with Gasteiger partial charge in [-0.05, 0) is 43.0 Å². The highest BCUT2D eigenvalue weighted by molar-refractivity contribution is 5.98. The number of aromatic hydroxyl groups is 1. The van der Waals surface area contributed by atoms with Crippen molar-refractivity contribution in [3.63, 3.8) is 0 Å². The maximum absolute atomic E-state index is 13.4. The van der Waals surface area contributed by atoms with Gasteiger partial charge in [0.25, 0.3) is 5.91 Å². The Morgan fingerprint density at radius 2 is 1.84 bits per heavy atom. The van der Waals surface area contributed by atoms with E-state index in [4.69, 9.17) is 9.47 Å². The van der Waals surface area contributed by atoms with Gasteiger partial charge in [0.1, 0.15) is 18.0 Å². The van der Waals surface area contributed by atoms with Crippen molar-refractivity contribution in [2.45, 2.75) is 52.7 Å². The molecule has 7 nitrogen and oxygen atoms in total. The zero-order valence-corrected chi connectivity index (χ0v) is 18.6. The van der Waals surface area contributed by atoms with Crippen molar-refractivity contribution in [1.29, 1.82) is 0 Å². The van der Waals surface area contributed by atoms with Crippen LogP contribution in [0.25, 0.3) is 0 Å². The van der Waals surface area contributed by atoms with E-state index in [0.717, 1.165) is 11.1 Å². The summed E-state index contributed by atoms with van der Waals surface area (Å²) < 4.78 is 24.0. The van der Waals surface area contributed by atoms with Gasteiger partial charge >= 0.3 is 5.97 Å². The second-order valence-electron chi connectivity index (χ2n) is 7.84. The Morgan fingerprint density at radius 1 is 1.16 bits per heavy atom. The molecule has 0 aliphatic rings. The minimum absolute atomic E-state index is 0.0981. The molecule has 8 heteroatoms. The summed E-state index contributed by atoms with van der Waals surface area (Å²) in [5.41, 5.74) is 1.39. The van der Waals surface area contributed by atoms with Gasteiger partial charge in [-0.15, -0.1) is 0 Å². The Bertz CT molecular complexity index is 948. The van der Waals surface area contributed by atoms with E-state index in [1.54, 1.807) is 33.8 Å². The van der Waals surface area contributed by atoms with Gasteiger partial charge in [0.2, 0.25) is 0 Å². The SMILES string of the molecule is COc1ccnc(C(=O)N[C@H](C(=O)O[C@H](C)[C@H](C)c2ccc(F)cc2C)C(C)C)c1O. The number of carbonyl (C=O) groups excluding carboxylic acids is 2. The molecule has 0 radical (unpaired) electrons. The van der Waals surface area contributed by atoms with Gasteiger partial charge in [-0.25, -0.2) is 14.2 Å². The predicted molar refractivity (Wildman–Crippen MR) is 114 cm³/mol. The number of methoxy groups -OCH3 is 1. The van der Waals surface area contributed by atoms with E-state index in [-0.39, 0.29) is 29.1 Å². The maximum atomic E-state index is 13.4. The highest BCUT2D eigenvalue weighted by Gasteiger charge is 2.31. The van der Waals surface area contributed by atoms with Crippen molar-refractivity contribution in [2.75, 3.05) is 7.11 Å². The summed E-state index contributed by atoms with van der Waals surface area (Å²) in [6.07, 6.45) is 0.809. The molecule has 0 saturated carbocycles. The molecular weight excluding hydrogens is 403 g/mol. The first-order valence-electron chi connectivity index (χ1n) is 10.1. The molecule has 0 bridgehead atoms. The van der Waals surface area contributed by atoms with Gasteiger partial charge in [-0.1, -0.05) is 26.8 Å². The summed E-state index contributed by atoms with van der Waals surface area (Å²) in [6, 6.07) is 4.95. The van der Waals surface area contributed by atoms with Crippen molar-refractivity contribution in [3.05, 3.63) is 53.1 Å². The van der Waals surface area contributed by atoms with Crippen LogP contribution in [0.2, 0.25) is 0 Å². The summed E-state index contributed by atoms with van der Waals surface area (Å²) in [5, 5.41) is 12.7. The zero-order valence-electron chi connectivity index (χ0n) is 18.6. The Labute approximate surface area is 181 Å².